The number of nitrogens with zero attached hydrogens (tertiary/aromatic N) is 2. The molecule has 2 rings (SSSR count). The first-order chi connectivity index (χ1) is 9.54. The fourth-order valence-electron chi connectivity index (χ4n) is 2.58. The van der Waals surface area contributed by atoms with Gasteiger partial charge < -0.3 is 10.2 Å². The van der Waals surface area contributed by atoms with Gasteiger partial charge in [-0.2, -0.15) is 0 Å². The van der Waals surface area contributed by atoms with Crippen molar-refractivity contribution in [3.05, 3.63) is 33.9 Å². The summed E-state index contributed by atoms with van der Waals surface area (Å²) in [5, 5.41) is 14.0. The van der Waals surface area contributed by atoms with Gasteiger partial charge in [0.15, 0.2) is 0 Å². The second-order valence-corrected chi connectivity index (χ2v) is 4.97. The molecule has 6 heteroatoms. The number of carbonyl (C=O) groups is 1. The molecule has 1 heterocycles. The number of nitrogens with one attached hydrogen (secondary N) is 1. The number of piperidine rings is 1. The summed E-state index contributed by atoms with van der Waals surface area (Å²) in [7, 11) is 0. The molecule has 1 saturated heterocycles. The first kappa shape index (κ1) is 14.5. The maximum absolute atomic E-state index is 12.4. The Morgan fingerprint density at radius 2 is 2.25 bits per heavy atom. The quantitative estimate of drug-likeness (QED) is 0.674. The summed E-state index contributed by atoms with van der Waals surface area (Å²) in [5.41, 5.74) is 1.40. The highest BCUT2D eigenvalue weighted by molar-refractivity contribution is 5.98. The maximum atomic E-state index is 12.4. The number of amides is 1. The maximum Gasteiger partial charge on any atom is 0.272 e. The van der Waals surface area contributed by atoms with Gasteiger partial charge in [0.1, 0.15) is 0 Å². The molecule has 1 atom stereocenters. The van der Waals surface area contributed by atoms with Gasteiger partial charge in [-0.05, 0) is 38.4 Å². The minimum absolute atomic E-state index is 0.0475. The van der Waals surface area contributed by atoms with Gasteiger partial charge in [0, 0.05) is 23.9 Å². The highest BCUT2D eigenvalue weighted by Gasteiger charge is 2.29. The van der Waals surface area contributed by atoms with Crippen LogP contribution in [0.25, 0.3) is 0 Å². The Hall–Kier alpha value is -1.95. The third-order valence-corrected chi connectivity index (χ3v) is 3.58. The molecule has 0 spiro atoms. The molecule has 6 nitrogen and oxygen atoms in total. The number of hydrogen-bond acceptors (Lipinski definition) is 4. The van der Waals surface area contributed by atoms with E-state index in [4.69, 9.17) is 0 Å². The number of benzene rings is 1. The van der Waals surface area contributed by atoms with Crippen LogP contribution in [0.5, 0.6) is 0 Å². The zero-order valence-electron chi connectivity index (χ0n) is 11.8. The van der Waals surface area contributed by atoms with Crippen molar-refractivity contribution in [2.75, 3.05) is 18.0 Å². The lowest BCUT2D eigenvalue weighted by atomic mass is 10.0. The van der Waals surface area contributed by atoms with Gasteiger partial charge in [0.2, 0.25) is 5.91 Å². The van der Waals surface area contributed by atoms with E-state index in [0.717, 1.165) is 25.1 Å². The molecule has 0 radical (unpaired) electrons. The topological polar surface area (TPSA) is 75.5 Å². The first-order valence-electron chi connectivity index (χ1n) is 6.84. The molecule has 1 unspecified atom stereocenters. The lowest BCUT2D eigenvalue weighted by Crippen LogP contribution is -2.50. The molecule has 1 aliphatic heterocycles. The highest BCUT2D eigenvalue weighted by atomic mass is 16.6. The first-order valence-corrected chi connectivity index (χ1v) is 6.84. The molecule has 1 aromatic rings. The predicted octanol–water partition coefficient (Wildman–Crippen LogP) is 2.01. The van der Waals surface area contributed by atoms with Crippen molar-refractivity contribution in [3.63, 3.8) is 0 Å². The minimum atomic E-state index is -0.404. The van der Waals surface area contributed by atoms with E-state index < -0.39 is 4.92 Å². The number of aryl methyl sites for hydroxylation is 1. The molecule has 0 saturated carbocycles. The average Bonchev–Trinajstić information content (AvgIpc) is 2.41. The lowest BCUT2D eigenvalue weighted by molar-refractivity contribution is -0.385. The standard InChI is InChI=1S/C14H19N3O3/c1-3-15-12-5-4-8-16(14(12)18)11-6-7-13(17(19)20)10(2)9-11/h6-7,9,12,15H,3-5,8H2,1-2H3. The van der Waals surface area contributed by atoms with Gasteiger partial charge in [-0.15, -0.1) is 0 Å². The van der Waals surface area contributed by atoms with Crippen molar-refractivity contribution in [3.8, 4) is 0 Å². The summed E-state index contributed by atoms with van der Waals surface area (Å²) < 4.78 is 0. The molecule has 0 aromatic heterocycles. The van der Waals surface area contributed by atoms with E-state index in [0.29, 0.717) is 12.1 Å². The SMILES string of the molecule is CCNC1CCCN(c2ccc([N+](=O)[O-])c(C)c2)C1=O. The fourth-order valence-corrected chi connectivity index (χ4v) is 2.58. The summed E-state index contributed by atoms with van der Waals surface area (Å²) >= 11 is 0. The van der Waals surface area contributed by atoms with Crippen molar-refractivity contribution in [1.82, 2.24) is 5.32 Å². The van der Waals surface area contributed by atoms with E-state index in [1.165, 1.54) is 6.07 Å². The number of nitro benzene ring substituents is 1. The summed E-state index contributed by atoms with van der Waals surface area (Å²) in [6, 6.07) is 4.68. The Morgan fingerprint density at radius 1 is 1.50 bits per heavy atom. The Balaban J connectivity index is 2.24. The van der Waals surface area contributed by atoms with E-state index in [1.54, 1.807) is 24.0 Å². The summed E-state index contributed by atoms with van der Waals surface area (Å²) in [6.45, 7) is 5.08. The smallest absolute Gasteiger partial charge is 0.272 e. The number of anilines is 1. The normalized spacial score (nSPS) is 19.2. The molecular formula is C14H19N3O3. The third-order valence-electron chi connectivity index (χ3n) is 3.58. The molecular weight excluding hydrogens is 258 g/mol. The van der Waals surface area contributed by atoms with Crippen LogP contribution in [0.15, 0.2) is 18.2 Å². The van der Waals surface area contributed by atoms with Crippen molar-refractivity contribution >= 4 is 17.3 Å². The monoisotopic (exact) mass is 277 g/mol. The minimum Gasteiger partial charge on any atom is -0.311 e. The zero-order chi connectivity index (χ0) is 14.7. The van der Waals surface area contributed by atoms with Gasteiger partial charge in [-0.1, -0.05) is 6.92 Å². The Morgan fingerprint density at radius 3 is 2.85 bits per heavy atom. The molecule has 1 fully saturated rings. The second-order valence-electron chi connectivity index (χ2n) is 4.97. The second kappa shape index (κ2) is 6.00. The number of likely N-dealkylation sites (N-methyl/N-ethyl adjacent to an activating group) is 1. The molecule has 1 aromatic carbocycles. The highest BCUT2D eigenvalue weighted by Crippen LogP contribution is 2.27. The summed E-state index contributed by atoms with van der Waals surface area (Å²) in [5.74, 6) is 0.0475. The summed E-state index contributed by atoms with van der Waals surface area (Å²) in [6.07, 6.45) is 1.77. The van der Waals surface area contributed by atoms with Gasteiger partial charge >= 0.3 is 0 Å². The van der Waals surface area contributed by atoms with E-state index in [2.05, 4.69) is 5.32 Å². The Bertz CT molecular complexity index is 528. The Kier molecular flexibility index (Phi) is 4.34. The average molecular weight is 277 g/mol. The van der Waals surface area contributed by atoms with Crippen LogP contribution >= 0.6 is 0 Å². The number of carbonyl (C=O) groups excluding carboxylic acids is 1. The number of hydrogen-bond donors (Lipinski definition) is 1. The van der Waals surface area contributed by atoms with Crippen LogP contribution < -0.4 is 10.2 Å². The zero-order valence-corrected chi connectivity index (χ0v) is 11.8. The van der Waals surface area contributed by atoms with Gasteiger partial charge in [0.25, 0.3) is 5.69 Å². The van der Waals surface area contributed by atoms with Crippen molar-refractivity contribution in [1.29, 1.82) is 0 Å². The van der Waals surface area contributed by atoms with E-state index in [-0.39, 0.29) is 17.6 Å². The fraction of sp³-hybridized carbons (Fsp3) is 0.500. The van der Waals surface area contributed by atoms with Crippen LogP contribution in [0.2, 0.25) is 0 Å². The van der Waals surface area contributed by atoms with E-state index in [1.807, 2.05) is 6.92 Å². The summed E-state index contributed by atoms with van der Waals surface area (Å²) in [4.78, 5) is 24.5. The van der Waals surface area contributed by atoms with Crippen LogP contribution in [-0.2, 0) is 4.79 Å². The van der Waals surface area contributed by atoms with Crippen LogP contribution in [0.4, 0.5) is 11.4 Å². The molecule has 1 N–H and O–H groups in total. The predicted molar refractivity (Wildman–Crippen MR) is 76.9 cm³/mol. The lowest BCUT2D eigenvalue weighted by Gasteiger charge is -2.32. The molecule has 0 bridgehead atoms. The van der Waals surface area contributed by atoms with Crippen LogP contribution in [0.1, 0.15) is 25.3 Å². The van der Waals surface area contributed by atoms with Crippen LogP contribution in [0, 0.1) is 17.0 Å². The molecule has 1 amide bonds. The van der Waals surface area contributed by atoms with Crippen LogP contribution in [-0.4, -0.2) is 30.0 Å². The molecule has 20 heavy (non-hydrogen) atoms. The molecule has 0 aliphatic carbocycles. The van der Waals surface area contributed by atoms with Crippen molar-refractivity contribution in [2.24, 2.45) is 0 Å². The third kappa shape index (κ3) is 2.80. The van der Waals surface area contributed by atoms with Gasteiger partial charge in [-0.3, -0.25) is 14.9 Å². The van der Waals surface area contributed by atoms with Crippen molar-refractivity contribution < 1.29 is 9.72 Å². The molecule has 108 valence electrons. The van der Waals surface area contributed by atoms with E-state index >= 15 is 0 Å². The molecule has 1 aliphatic rings. The van der Waals surface area contributed by atoms with E-state index in [9.17, 15) is 14.9 Å². The Labute approximate surface area is 117 Å². The largest absolute Gasteiger partial charge is 0.311 e. The van der Waals surface area contributed by atoms with Crippen LogP contribution in [0.3, 0.4) is 0 Å². The van der Waals surface area contributed by atoms with Crippen molar-refractivity contribution in [2.45, 2.75) is 32.7 Å². The van der Waals surface area contributed by atoms with Gasteiger partial charge in [0.05, 0.1) is 11.0 Å². The van der Waals surface area contributed by atoms with Gasteiger partial charge in [-0.25, -0.2) is 0 Å². The number of nitro groups is 1. The number of rotatable bonds is 4.